The number of hydrogen-bond acceptors (Lipinski definition) is 4. The Bertz CT molecular complexity index is 698. The van der Waals surface area contributed by atoms with Gasteiger partial charge in [-0.15, -0.1) is 0 Å². The van der Waals surface area contributed by atoms with E-state index in [9.17, 15) is 9.59 Å². The summed E-state index contributed by atoms with van der Waals surface area (Å²) in [6, 6.07) is 7.11. The lowest BCUT2D eigenvalue weighted by Gasteiger charge is -2.41. The zero-order chi connectivity index (χ0) is 20.8. The SMILES string of the molecule is CN(C)CCNC(=O)C(C1CCCC1)N1CCN(C(=O)c2ccccc2Cl)CC1. The van der Waals surface area contributed by atoms with Crippen LogP contribution in [-0.4, -0.2) is 85.9 Å². The van der Waals surface area contributed by atoms with Gasteiger partial charge in [0.2, 0.25) is 5.91 Å². The van der Waals surface area contributed by atoms with Gasteiger partial charge in [-0.05, 0) is 45.0 Å². The quantitative estimate of drug-likeness (QED) is 0.735. The van der Waals surface area contributed by atoms with E-state index in [4.69, 9.17) is 11.6 Å². The molecule has 1 aliphatic carbocycles. The summed E-state index contributed by atoms with van der Waals surface area (Å²) >= 11 is 6.20. The van der Waals surface area contributed by atoms with Gasteiger partial charge in [-0.2, -0.15) is 0 Å². The largest absolute Gasteiger partial charge is 0.353 e. The van der Waals surface area contributed by atoms with Gasteiger partial charge in [-0.25, -0.2) is 0 Å². The Morgan fingerprint density at radius 3 is 2.41 bits per heavy atom. The van der Waals surface area contributed by atoms with Crippen molar-refractivity contribution in [3.05, 3.63) is 34.9 Å². The second-order valence-electron chi connectivity index (χ2n) is 8.39. The molecule has 0 radical (unpaired) electrons. The predicted octanol–water partition coefficient (Wildman–Crippen LogP) is 2.33. The van der Waals surface area contributed by atoms with Crippen molar-refractivity contribution >= 4 is 23.4 Å². The van der Waals surface area contributed by atoms with Crippen molar-refractivity contribution in [1.82, 2.24) is 20.0 Å². The third-order valence-electron chi connectivity index (χ3n) is 6.07. The highest BCUT2D eigenvalue weighted by molar-refractivity contribution is 6.33. The van der Waals surface area contributed by atoms with Gasteiger partial charge in [0.15, 0.2) is 0 Å². The first kappa shape index (κ1) is 22.1. The molecule has 29 heavy (non-hydrogen) atoms. The van der Waals surface area contributed by atoms with Crippen LogP contribution in [0.4, 0.5) is 0 Å². The van der Waals surface area contributed by atoms with Gasteiger partial charge in [0.05, 0.1) is 16.6 Å². The molecule has 1 aromatic rings. The number of nitrogens with zero attached hydrogens (tertiary/aromatic N) is 3. The number of nitrogens with one attached hydrogen (secondary N) is 1. The highest BCUT2D eigenvalue weighted by Gasteiger charge is 2.37. The van der Waals surface area contributed by atoms with Crippen LogP contribution in [0.15, 0.2) is 24.3 Å². The molecule has 0 bridgehead atoms. The molecule has 2 amide bonds. The van der Waals surface area contributed by atoms with Gasteiger partial charge in [0.1, 0.15) is 0 Å². The van der Waals surface area contributed by atoms with Crippen LogP contribution in [0.1, 0.15) is 36.0 Å². The Kier molecular flexibility index (Phi) is 7.92. The molecule has 2 aliphatic rings. The summed E-state index contributed by atoms with van der Waals surface area (Å²) in [5.74, 6) is 0.535. The fourth-order valence-electron chi connectivity index (χ4n) is 4.47. The van der Waals surface area contributed by atoms with E-state index in [1.807, 2.05) is 31.1 Å². The maximum atomic E-state index is 13.0. The lowest BCUT2D eigenvalue weighted by molar-refractivity contribution is -0.129. The van der Waals surface area contributed by atoms with E-state index in [0.717, 1.165) is 32.5 Å². The van der Waals surface area contributed by atoms with E-state index >= 15 is 0 Å². The van der Waals surface area contributed by atoms with E-state index in [0.29, 0.717) is 36.1 Å². The first-order chi connectivity index (χ1) is 14.0. The maximum absolute atomic E-state index is 13.0. The predicted molar refractivity (Wildman–Crippen MR) is 116 cm³/mol. The normalized spacial score (nSPS) is 19.5. The molecule has 1 unspecified atom stereocenters. The summed E-state index contributed by atoms with van der Waals surface area (Å²) in [5, 5.41) is 3.63. The first-order valence-corrected chi connectivity index (χ1v) is 11.1. The van der Waals surface area contributed by atoms with Gasteiger partial charge in [0.25, 0.3) is 5.91 Å². The molecule has 7 heteroatoms. The van der Waals surface area contributed by atoms with E-state index in [2.05, 4.69) is 15.1 Å². The van der Waals surface area contributed by atoms with Crippen LogP contribution in [-0.2, 0) is 4.79 Å². The Hall–Kier alpha value is -1.63. The zero-order valence-electron chi connectivity index (χ0n) is 17.6. The highest BCUT2D eigenvalue weighted by Crippen LogP contribution is 2.31. The van der Waals surface area contributed by atoms with Crippen molar-refractivity contribution in [2.75, 3.05) is 53.4 Å². The molecule has 1 heterocycles. The average Bonchev–Trinajstić information content (AvgIpc) is 3.22. The molecule has 3 rings (SSSR count). The van der Waals surface area contributed by atoms with Crippen LogP contribution >= 0.6 is 11.6 Å². The third-order valence-corrected chi connectivity index (χ3v) is 6.40. The van der Waals surface area contributed by atoms with Crippen molar-refractivity contribution < 1.29 is 9.59 Å². The van der Waals surface area contributed by atoms with Crippen molar-refractivity contribution in [2.45, 2.75) is 31.7 Å². The zero-order valence-corrected chi connectivity index (χ0v) is 18.3. The second kappa shape index (κ2) is 10.4. The number of carbonyl (C=O) groups excluding carboxylic acids is 2. The van der Waals surface area contributed by atoms with Crippen LogP contribution in [0.25, 0.3) is 0 Å². The number of hydrogen-bond donors (Lipinski definition) is 1. The van der Waals surface area contributed by atoms with Gasteiger partial charge < -0.3 is 15.1 Å². The average molecular weight is 421 g/mol. The van der Waals surface area contributed by atoms with Gasteiger partial charge >= 0.3 is 0 Å². The molecular formula is C22H33ClN4O2. The fraction of sp³-hybridized carbons (Fsp3) is 0.636. The molecule has 160 valence electrons. The van der Waals surface area contributed by atoms with Crippen molar-refractivity contribution in [3.8, 4) is 0 Å². The van der Waals surface area contributed by atoms with Gasteiger partial charge in [-0.1, -0.05) is 36.6 Å². The Balaban J connectivity index is 1.61. The standard InChI is InChI=1S/C22H33ClN4O2/c1-25(2)12-11-24-21(28)20(17-7-3-4-8-17)26-13-15-27(16-14-26)22(29)18-9-5-6-10-19(18)23/h5-6,9-10,17,20H,3-4,7-8,11-16H2,1-2H3,(H,24,28). The molecule has 1 N–H and O–H groups in total. The Morgan fingerprint density at radius 2 is 1.79 bits per heavy atom. The lowest BCUT2D eigenvalue weighted by atomic mass is 9.95. The maximum Gasteiger partial charge on any atom is 0.255 e. The van der Waals surface area contributed by atoms with Crippen LogP contribution < -0.4 is 5.32 Å². The summed E-state index contributed by atoms with van der Waals surface area (Å²) in [6.45, 7) is 4.19. The van der Waals surface area contributed by atoms with Gasteiger partial charge in [0, 0.05) is 39.3 Å². The fourth-order valence-corrected chi connectivity index (χ4v) is 4.68. The number of piperazine rings is 1. The van der Waals surface area contributed by atoms with E-state index in [1.165, 1.54) is 12.8 Å². The molecule has 1 atom stereocenters. The van der Waals surface area contributed by atoms with E-state index in [-0.39, 0.29) is 17.9 Å². The topological polar surface area (TPSA) is 55.9 Å². The summed E-state index contributed by atoms with van der Waals surface area (Å²) in [4.78, 5) is 32.1. The Labute approximate surface area is 179 Å². The Morgan fingerprint density at radius 1 is 1.14 bits per heavy atom. The first-order valence-electron chi connectivity index (χ1n) is 10.7. The van der Waals surface area contributed by atoms with Crippen LogP contribution in [0.5, 0.6) is 0 Å². The summed E-state index contributed by atoms with van der Waals surface area (Å²) in [7, 11) is 4.02. The minimum atomic E-state index is -0.0859. The number of amides is 2. The molecule has 0 aromatic heterocycles. The van der Waals surface area contributed by atoms with Crippen LogP contribution in [0.3, 0.4) is 0 Å². The van der Waals surface area contributed by atoms with Crippen molar-refractivity contribution in [2.24, 2.45) is 5.92 Å². The molecule has 1 saturated carbocycles. The molecule has 6 nitrogen and oxygen atoms in total. The van der Waals surface area contributed by atoms with Crippen LogP contribution in [0, 0.1) is 5.92 Å². The minimum Gasteiger partial charge on any atom is -0.353 e. The number of rotatable bonds is 7. The number of likely N-dealkylation sites (N-methyl/N-ethyl adjacent to an activating group) is 1. The van der Waals surface area contributed by atoms with Crippen LogP contribution in [0.2, 0.25) is 5.02 Å². The van der Waals surface area contributed by atoms with Gasteiger partial charge in [-0.3, -0.25) is 14.5 Å². The number of carbonyl (C=O) groups is 2. The van der Waals surface area contributed by atoms with Crippen molar-refractivity contribution in [1.29, 1.82) is 0 Å². The van der Waals surface area contributed by atoms with Crippen molar-refractivity contribution in [3.63, 3.8) is 0 Å². The van der Waals surface area contributed by atoms with E-state index in [1.54, 1.807) is 12.1 Å². The molecule has 1 aliphatic heterocycles. The molecule has 1 saturated heterocycles. The molecular weight excluding hydrogens is 388 g/mol. The molecule has 1 aromatic carbocycles. The number of benzene rings is 1. The summed E-state index contributed by atoms with van der Waals surface area (Å²) in [6.07, 6.45) is 4.64. The minimum absolute atomic E-state index is 0.0249. The smallest absolute Gasteiger partial charge is 0.255 e. The summed E-state index contributed by atoms with van der Waals surface area (Å²) in [5.41, 5.74) is 0.552. The summed E-state index contributed by atoms with van der Waals surface area (Å²) < 4.78 is 0. The molecule has 0 spiro atoms. The second-order valence-corrected chi connectivity index (χ2v) is 8.80. The molecule has 2 fully saturated rings. The third kappa shape index (κ3) is 5.71. The highest BCUT2D eigenvalue weighted by atomic mass is 35.5. The van der Waals surface area contributed by atoms with E-state index < -0.39 is 0 Å². The monoisotopic (exact) mass is 420 g/mol. The number of halogens is 1. The lowest BCUT2D eigenvalue weighted by Crippen LogP contribution is -2.58.